The maximum Gasteiger partial charge on any atom is 0.249 e. The molecule has 1 aromatic heterocycles. The van der Waals surface area contributed by atoms with Crippen molar-refractivity contribution in [3.05, 3.63) is 12.2 Å². The van der Waals surface area contributed by atoms with Crippen molar-refractivity contribution in [2.45, 2.75) is 25.4 Å². The summed E-state index contributed by atoms with van der Waals surface area (Å²) in [5.41, 5.74) is 0. The Labute approximate surface area is 87.4 Å². The number of aromatic amines is 1. The second-order valence-electron chi connectivity index (χ2n) is 3.47. The molecule has 1 unspecified atom stereocenters. The van der Waals surface area contributed by atoms with Crippen molar-refractivity contribution >= 4 is 5.91 Å². The molecular weight excluding hydrogens is 196 g/mol. The zero-order valence-electron chi connectivity index (χ0n) is 8.40. The fourth-order valence-electron chi connectivity index (χ4n) is 1.55. The molecule has 0 aliphatic carbocycles. The average Bonchev–Trinajstić information content (AvgIpc) is 2.90. The molecule has 0 radical (unpaired) electrons. The minimum Gasteiger partial charge on any atom is -0.368 e. The van der Waals surface area contributed by atoms with Gasteiger partial charge in [0.25, 0.3) is 0 Å². The molecule has 2 N–H and O–H groups in total. The van der Waals surface area contributed by atoms with E-state index < -0.39 is 0 Å². The quantitative estimate of drug-likeness (QED) is 0.711. The van der Waals surface area contributed by atoms with Crippen LogP contribution in [0.5, 0.6) is 0 Å². The van der Waals surface area contributed by atoms with E-state index in [1.54, 1.807) is 0 Å². The van der Waals surface area contributed by atoms with Crippen molar-refractivity contribution in [2.75, 3.05) is 13.2 Å². The molecule has 1 aliphatic heterocycles. The molecule has 1 atom stereocenters. The van der Waals surface area contributed by atoms with Crippen molar-refractivity contribution < 1.29 is 9.53 Å². The van der Waals surface area contributed by atoms with Gasteiger partial charge >= 0.3 is 0 Å². The maximum absolute atomic E-state index is 11.5. The first-order valence-electron chi connectivity index (χ1n) is 5.10. The fourth-order valence-corrected chi connectivity index (χ4v) is 1.55. The van der Waals surface area contributed by atoms with Gasteiger partial charge in [-0.25, -0.2) is 4.98 Å². The molecule has 1 amide bonds. The summed E-state index contributed by atoms with van der Waals surface area (Å²) < 4.78 is 5.25. The van der Waals surface area contributed by atoms with E-state index in [-0.39, 0.29) is 12.0 Å². The highest BCUT2D eigenvalue weighted by Crippen LogP contribution is 2.11. The smallest absolute Gasteiger partial charge is 0.249 e. The number of hydrogen-bond donors (Lipinski definition) is 2. The molecule has 2 rings (SSSR count). The van der Waals surface area contributed by atoms with Gasteiger partial charge in [-0.1, -0.05) is 0 Å². The van der Waals surface area contributed by atoms with E-state index in [1.807, 2.05) is 0 Å². The van der Waals surface area contributed by atoms with Gasteiger partial charge in [0.1, 0.15) is 18.3 Å². The lowest BCUT2D eigenvalue weighted by atomic mass is 10.2. The second kappa shape index (κ2) is 4.88. The third-order valence-electron chi connectivity index (χ3n) is 2.35. The van der Waals surface area contributed by atoms with Crippen molar-refractivity contribution in [1.29, 1.82) is 0 Å². The van der Waals surface area contributed by atoms with Crippen molar-refractivity contribution in [3.63, 3.8) is 0 Å². The highest BCUT2D eigenvalue weighted by atomic mass is 16.5. The Morgan fingerprint density at radius 2 is 2.67 bits per heavy atom. The SMILES string of the molecule is O=C(NCCc1ncn[nH]1)C1CCCO1. The lowest BCUT2D eigenvalue weighted by Gasteiger charge is -2.09. The summed E-state index contributed by atoms with van der Waals surface area (Å²) >= 11 is 0. The van der Waals surface area contributed by atoms with Gasteiger partial charge in [-0.05, 0) is 12.8 Å². The lowest BCUT2D eigenvalue weighted by Crippen LogP contribution is -2.35. The minimum atomic E-state index is -0.250. The summed E-state index contributed by atoms with van der Waals surface area (Å²) in [6.07, 6.45) is 3.67. The van der Waals surface area contributed by atoms with Gasteiger partial charge < -0.3 is 10.1 Å². The largest absolute Gasteiger partial charge is 0.368 e. The van der Waals surface area contributed by atoms with Crippen molar-refractivity contribution in [1.82, 2.24) is 20.5 Å². The van der Waals surface area contributed by atoms with Crippen molar-refractivity contribution in [3.8, 4) is 0 Å². The fraction of sp³-hybridized carbons (Fsp3) is 0.667. The summed E-state index contributed by atoms with van der Waals surface area (Å²) in [5, 5.41) is 9.27. The zero-order valence-corrected chi connectivity index (χ0v) is 8.40. The number of ether oxygens (including phenoxy) is 1. The molecule has 82 valence electrons. The third-order valence-corrected chi connectivity index (χ3v) is 2.35. The Hall–Kier alpha value is -1.43. The summed E-state index contributed by atoms with van der Waals surface area (Å²) in [5.74, 6) is 0.759. The van der Waals surface area contributed by atoms with Crippen LogP contribution in [-0.4, -0.2) is 40.3 Å². The molecule has 0 aromatic carbocycles. The number of hydrogen-bond acceptors (Lipinski definition) is 4. The highest BCUT2D eigenvalue weighted by Gasteiger charge is 2.22. The van der Waals surface area contributed by atoms with Crippen LogP contribution in [0.15, 0.2) is 6.33 Å². The Bertz CT molecular complexity index is 306. The number of rotatable bonds is 4. The summed E-state index contributed by atoms with van der Waals surface area (Å²) in [6, 6.07) is 0. The Morgan fingerprint density at radius 3 is 3.33 bits per heavy atom. The van der Waals surface area contributed by atoms with Gasteiger partial charge in [0.05, 0.1) is 0 Å². The van der Waals surface area contributed by atoms with Crippen LogP contribution in [0, 0.1) is 0 Å². The molecule has 0 spiro atoms. The third kappa shape index (κ3) is 2.76. The number of carbonyl (C=O) groups excluding carboxylic acids is 1. The van der Waals surface area contributed by atoms with E-state index in [1.165, 1.54) is 6.33 Å². The van der Waals surface area contributed by atoms with Crippen LogP contribution in [0.1, 0.15) is 18.7 Å². The van der Waals surface area contributed by atoms with E-state index >= 15 is 0 Å². The van der Waals surface area contributed by atoms with Crippen molar-refractivity contribution in [2.24, 2.45) is 0 Å². The number of amides is 1. The molecule has 1 saturated heterocycles. The Morgan fingerprint density at radius 1 is 1.73 bits per heavy atom. The second-order valence-corrected chi connectivity index (χ2v) is 3.47. The molecular formula is C9H14N4O2. The maximum atomic E-state index is 11.5. The summed E-state index contributed by atoms with van der Waals surface area (Å²) in [6.45, 7) is 1.26. The topological polar surface area (TPSA) is 79.9 Å². The summed E-state index contributed by atoms with van der Waals surface area (Å²) in [7, 11) is 0. The predicted octanol–water partition coefficient (Wildman–Crippen LogP) is -0.358. The number of H-pyrrole nitrogens is 1. The lowest BCUT2D eigenvalue weighted by molar-refractivity contribution is -0.129. The standard InChI is InChI=1S/C9H14N4O2/c14-9(7-2-1-5-15-7)10-4-3-8-11-6-12-13-8/h6-7H,1-5H2,(H,10,14)(H,11,12,13). The average molecular weight is 210 g/mol. The van der Waals surface area contributed by atoms with E-state index in [9.17, 15) is 4.79 Å². The Kier molecular flexibility index (Phi) is 3.29. The van der Waals surface area contributed by atoms with Gasteiger partial charge in [0.15, 0.2) is 0 Å². The van der Waals surface area contributed by atoms with Crippen LogP contribution in [0.2, 0.25) is 0 Å². The molecule has 15 heavy (non-hydrogen) atoms. The monoisotopic (exact) mass is 210 g/mol. The van der Waals surface area contributed by atoms with E-state index in [0.29, 0.717) is 19.6 Å². The van der Waals surface area contributed by atoms with Gasteiger partial charge in [0, 0.05) is 19.6 Å². The molecule has 1 aromatic rings. The van der Waals surface area contributed by atoms with Gasteiger partial charge in [-0.2, -0.15) is 5.10 Å². The summed E-state index contributed by atoms with van der Waals surface area (Å²) in [4.78, 5) is 15.5. The first-order valence-corrected chi connectivity index (χ1v) is 5.10. The van der Waals surface area contributed by atoms with E-state index in [2.05, 4.69) is 20.5 Å². The molecule has 0 saturated carbocycles. The van der Waals surface area contributed by atoms with Crippen LogP contribution >= 0.6 is 0 Å². The molecule has 2 heterocycles. The molecule has 1 fully saturated rings. The molecule has 6 heteroatoms. The predicted molar refractivity (Wildman–Crippen MR) is 52.1 cm³/mol. The normalized spacial score (nSPS) is 20.4. The Balaban J connectivity index is 1.67. The van der Waals surface area contributed by atoms with Crippen LogP contribution < -0.4 is 5.32 Å². The number of nitrogens with one attached hydrogen (secondary N) is 2. The first-order chi connectivity index (χ1) is 7.36. The van der Waals surface area contributed by atoms with Gasteiger partial charge in [-0.3, -0.25) is 9.89 Å². The molecule has 0 bridgehead atoms. The van der Waals surface area contributed by atoms with Crippen LogP contribution in [0.25, 0.3) is 0 Å². The van der Waals surface area contributed by atoms with E-state index in [0.717, 1.165) is 18.7 Å². The van der Waals surface area contributed by atoms with Gasteiger partial charge in [0.2, 0.25) is 5.91 Å². The molecule has 1 aliphatic rings. The zero-order chi connectivity index (χ0) is 10.5. The first kappa shape index (κ1) is 10.1. The highest BCUT2D eigenvalue weighted by molar-refractivity contribution is 5.80. The van der Waals surface area contributed by atoms with Crippen LogP contribution in [-0.2, 0) is 16.0 Å². The van der Waals surface area contributed by atoms with Crippen LogP contribution in [0.3, 0.4) is 0 Å². The van der Waals surface area contributed by atoms with Crippen LogP contribution in [0.4, 0.5) is 0 Å². The van der Waals surface area contributed by atoms with Gasteiger partial charge in [-0.15, -0.1) is 0 Å². The molecule has 6 nitrogen and oxygen atoms in total. The number of carbonyl (C=O) groups is 1. The van der Waals surface area contributed by atoms with E-state index in [4.69, 9.17) is 4.74 Å². The minimum absolute atomic E-state index is 0.0213. The number of aromatic nitrogens is 3. The number of nitrogens with zero attached hydrogens (tertiary/aromatic N) is 2.